The Morgan fingerprint density at radius 3 is 2.48 bits per heavy atom. The smallest absolute Gasteiger partial charge is 0.225 e. The first-order valence-electron chi connectivity index (χ1n) is 8.95. The number of rotatable bonds is 6. The quantitative estimate of drug-likeness (QED) is 0.665. The molecule has 0 saturated heterocycles. The molecule has 27 heavy (non-hydrogen) atoms. The van der Waals surface area contributed by atoms with Crippen molar-refractivity contribution in [1.29, 1.82) is 0 Å². The van der Waals surface area contributed by atoms with Crippen molar-refractivity contribution in [1.82, 2.24) is 4.90 Å². The van der Waals surface area contributed by atoms with Gasteiger partial charge in [0.1, 0.15) is 0 Å². The minimum atomic E-state index is -0.207. The molecule has 2 aromatic rings. The maximum Gasteiger partial charge on any atom is 0.225 e. The fraction of sp³-hybridized carbons (Fsp3) is 0.333. The first-order chi connectivity index (χ1) is 13.0. The van der Waals surface area contributed by atoms with Crippen molar-refractivity contribution in [2.24, 2.45) is 11.1 Å². The van der Waals surface area contributed by atoms with Crippen LogP contribution in [0.4, 0.5) is 0 Å². The highest BCUT2D eigenvalue weighted by Gasteiger charge is 2.28. The molecule has 0 saturated carbocycles. The van der Waals surface area contributed by atoms with E-state index in [0.29, 0.717) is 29.6 Å². The van der Waals surface area contributed by atoms with E-state index < -0.39 is 0 Å². The van der Waals surface area contributed by atoms with Gasteiger partial charge in [-0.15, -0.1) is 0 Å². The van der Waals surface area contributed by atoms with Gasteiger partial charge in [0, 0.05) is 34.5 Å². The average molecular weight is 405 g/mol. The van der Waals surface area contributed by atoms with Crippen LogP contribution in [0, 0.1) is 5.92 Å². The number of carbonyl (C=O) groups is 1. The maximum atomic E-state index is 12.7. The summed E-state index contributed by atoms with van der Waals surface area (Å²) < 4.78 is 0. The van der Waals surface area contributed by atoms with Crippen LogP contribution in [0.2, 0.25) is 10.0 Å². The molecule has 0 aromatic heterocycles. The predicted molar refractivity (Wildman–Crippen MR) is 109 cm³/mol. The lowest BCUT2D eigenvalue weighted by Gasteiger charge is -2.27. The Hall–Kier alpha value is -2.04. The number of nitrogens with zero attached hydrogens (tertiary/aromatic N) is 2. The summed E-state index contributed by atoms with van der Waals surface area (Å²) in [7, 11) is 0. The zero-order valence-corrected chi connectivity index (χ0v) is 16.9. The topological polar surface area (TPSA) is 41.9 Å². The van der Waals surface area contributed by atoms with Gasteiger partial charge in [-0.05, 0) is 17.7 Å². The van der Waals surface area contributed by atoms with Crippen molar-refractivity contribution < 1.29 is 9.63 Å². The van der Waals surface area contributed by atoms with Gasteiger partial charge in [-0.1, -0.05) is 78.6 Å². The Morgan fingerprint density at radius 2 is 1.81 bits per heavy atom. The lowest BCUT2D eigenvalue weighted by molar-refractivity contribution is -0.136. The molecule has 142 valence electrons. The second kappa shape index (κ2) is 8.77. The van der Waals surface area contributed by atoms with Crippen molar-refractivity contribution in [3.63, 3.8) is 0 Å². The number of carbonyl (C=O) groups excluding carboxylic acids is 1. The molecule has 0 fully saturated rings. The molecule has 1 amide bonds. The van der Waals surface area contributed by atoms with E-state index in [2.05, 4.69) is 5.16 Å². The van der Waals surface area contributed by atoms with Gasteiger partial charge in [0.15, 0.2) is 6.10 Å². The highest BCUT2D eigenvalue weighted by atomic mass is 35.5. The van der Waals surface area contributed by atoms with Gasteiger partial charge in [0.25, 0.3) is 0 Å². The number of halogens is 2. The van der Waals surface area contributed by atoms with E-state index in [1.54, 1.807) is 4.90 Å². The van der Waals surface area contributed by atoms with Crippen LogP contribution in [0.25, 0.3) is 0 Å². The van der Waals surface area contributed by atoms with E-state index in [0.717, 1.165) is 16.8 Å². The zero-order valence-electron chi connectivity index (χ0n) is 15.4. The minimum Gasteiger partial charge on any atom is -0.390 e. The lowest BCUT2D eigenvalue weighted by atomic mass is 10.0. The van der Waals surface area contributed by atoms with E-state index in [4.69, 9.17) is 28.0 Å². The molecule has 1 aliphatic heterocycles. The van der Waals surface area contributed by atoms with Crippen LogP contribution in [0.5, 0.6) is 0 Å². The number of hydrogen-bond donors (Lipinski definition) is 0. The third-order valence-corrected chi connectivity index (χ3v) is 5.16. The summed E-state index contributed by atoms with van der Waals surface area (Å²) in [5, 5.41) is 5.50. The molecule has 6 heteroatoms. The Labute approximate surface area is 169 Å². The number of oxime groups is 1. The molecule has 0 aliphatic carbocycles. The lowest BCUT2D eigenvalue weighted by Crippen LogP contribution is -2.39. The van der Waals surface area contributed by atoms with Crippen molar-refractivity contribution in [2.45, 2.75) is 32.9 Å². The number of benzene rings is 2. The van der Waals surface area contributed by atoms with Crippen molar-refractivity contribution >= 4 is 34.8 Å². The van der Waals surface area contributed by atoms with Gasteiger partial charge < -0.3 is 9.74 Å². The minimum absolute atomic E-state index is 0.0599. The summed E-state index contributed by atoms with van der Waals surface area (Å²) in [5.41, 5.74) is 2.59. The van der Waals surface area contributed by atoms with Crippen molar-refractivity contribution in [3.05, 3.63) is 69.7 Å². The molecule has 3 rings (SSSR count). The highest BCUT2D eigenvalue weighted by Crippen LogP contribution is 2.25. The highest BCUT2D eigenvalue weighted by molar-refractivity contribution is 6.34. The summed E-state index contributed by atoms with van der Waals surface area (Å²) in [4.78, 5) is 20.1. The molecule has 0 unspecified atom stereocenters. The Bertz CT molecular complexity index is 852. The molecule has 1 aliphatic rings. The molecule has 0 N–H and O–H groups in total. The van der Waals surface area contributed by atoms with Gasteiger partial charge in [-0.25, -0.2) is 0 Å². The van der Waals surface area contributed by atoms with Crippen LogP contribution in [0.15, 0.2) is 53.7 Å². The SMILES string of the molecule is CC(C)C(=O)N(Cc1ccccc1Cl)C[C@@H]1CC(c2ccccc2Cl)=NO1. The van der Waals surface area contributed by atoms with E-state index in [1.165, 1.54) is 0 Å². The summed E-state index contributed by atoms with van der Waals surface area (Å²) >= 11 is 12.5. The van der Waals surface area contributed by atoms with Crippen LogP contribution >= 0.6 is 23.2 Å². The first kappa shape index (κ1) is 19.7. The van der Waals surface area contributed by atoms with Gasteiger partial charge in [0.2, 0.25) is 5.91 Å². The predicted octanol–water partition coefficient (Wildman–Crippen LogP) is 5.17. The zero-order chi connectivity index (χ0) is 19.4. The maximum absolute atomic E-state index is 12.7. The molecule has 1 atom stereocenters. The molecule has 0 bridgehead atoms. The normalized spacial score (nSPS) is 16.2. The summed E-state index contributed by atoms with van der Waals surface area (Å²) in [5.74, 6) is -0.0532. The molecule has 2 aromatic carbocycles. The Morgan fingerprint density at radius 1 is 1.15 bits per heavy atom. The third kappa shape index (κ3) is 4.82. The fourth-order valence-corrected chi connectivity index (χ4v) is 3.50. The second-order valence-electron chi connectivity index (χ2n) is 6.91. The summed E-state index contributed by atoms with van der Waals surface area (Å²) in [6, 6.07) is 15.1. The van der Waals surface area contributed by atoms with Crippen LogP contribution in [0.1, 0.15) is 31.4 Å². The van der Waals surface area contributed by atoms with Crippen LogP contribution in [0.3, 0.4) is 0 Å². The van der Waals surface area contributed by atoms with Crippen molar-refractivity contribution in [2.75, 3.05) is 6.54 Å². The molecule has 4 nitrogen and oxygen atoms in total. The van der Waals surface area contributed by atoms with Crippen LogP contribution in [-0.2, 0) is 16.2 Å². The first-order valence-corrected chi connectivity index (χ1v) is 9.71. The van der Waals surface area contributed by atoms with Gasteiger partial charge in [-0.3, -0.25) is 4.79 Å². The molecule has 0 spiro atoms. The standard InChI is InChI=1S/C21H22Cl2N2O2/c1-14(2)21(26)25(12-15-7-3-5-9-18(15)22)13-16-11-20(24-27-16)17-8-4-6-10-19(17)23/h3-10,14,16H,11-13H2,1-2H3/t16-/m0/s1. The second-order valence-corrected chi connectivity index (χ2v) is 7.73. The third-order valence-electron chi connectivity index (χ3n) is 4.47. The number of hydrogen-bond acceptors (Lipinski definition) is 3. The summed E-state index contributed by atoms with van der Waals surface area (Å²) in [6.45, 7) is 4.67. The Kier molecular flexibility index (Phi) is 6.40. The average Bonchev–Trinajstić information content (AvgIpc) is 3.11. The van der Waals surface area contributed by atoms with Gasteiger partial charge in [0.05, 0.1) is 12.3 Å². The van der Waals surface area contributed by atoms with Gasteiger partial charge >= 0.3 is 0 Å². The van der Waals surface area contributed by atoms with Crippen molar-refractivity contribution in [3.8, 4) is 0 Å². The van der Waals surface area contributed by atoms with Crippen LogP contribution < -0.4 is 0 Å². The largest absolute Gasteiger partial charge is 0.390 e. The molecular weight excluding hydrogens is 383 g/mol. The van der Waals surface area contributed by atoms with E-state index in [-0.39, 0.29) is 17.9 Å². The molecule has 0 radical (unpaired) electrons. The monoisotopic (exact) mass is 404 g/mol. The fourth-order valence-electron chi connectivity index (χ4n) is 3.06. The Balaban J connectivity index is 1.71. The van der Waals surface area contributed by atoms with E-state index in [9.17, 15) is 4.79 Å². The van der Waals surface area contributed by atoms with E-state index >= 15 is 0 Å². The van der Waals surface area contributed by atoms with E-state index in [1.807, 2.05) is 62.4 Å². The van der Waals surface area contributed by atoms with Gasteiger partial charge in [-0.2, -0.15) is 0 Å². The van der Waals surface area contributed by atoms with Crippen LogP contribution in [-0.4, -0.2) is 29.2 Å². The molecular formula is C21H22Cl2N2O2. The summed E-state index contributed by atoms with van der Waals surface area (Å²) in [6.07, 6.45) is 0.398. The molecule has 1 heterocycles. The number of amides is 1.